The predicted octanol–water partition coefficient (Wildman–Crippen LogP) is 2.95. The quantitative estimate of drug-likeness (QED) is 0.938. The van der Waals surface area contributed by atoms with Crippen LogP contribution in [0.25, 0.3) is 10.9 Å². The Morgan fingerprint density at radius 1 is 1.29 bits per heavy atom. The molecule has 0 radical (unpaired) electrons. The van der Waals surface area contributed by atoms with E-state index < -0.39 is 0 Å². The van der Waals surface area contributed by atoms with Gasteiger partial charge in [0, 0.05) is 37.1 Å². The molecule has 112 valence electrons. The van der Waals surface area contributed by atoms with E-state index in [0.717, 1.165) is 32.6 Å². The minimum atomic E-state index is 0.940. The second-order valence-electron chi connectivity index (χ2n) is 6.26. The minimum Gasteiger partial charge on any atom is -0.313 e. The fourth-order valence-electron chi connectivity index (χ4n) is 3.45. The van der Waals surface area contributed by atoms with Gasteiger partial charge in [-0.15, -0.1) is 0 Å². The molecule has 0 spiro atoms. The number of nitrogens with zero attached hydrogens (tertiary/aromatic N) is 2. The van der Waals surface area contributed by atoms with Crippen LogP contribution in [-0.2, 0) is 19.5 Å². The Morgan fingerprint density at radius 2 is 2.10 bits per heavy atom. The van der Waals surface area contributed by atoms with Gasteiger partial charge in [0.2, 0.25) is 0 Å². The molecule has 0 aliphatic carbocycles. The summed E-state index contributed by atoms with van der Waals surface area (Å²) in [4.78, 5) is 7.38. The number of nitrogens with one attached hydrogen (secondary N) is 1. The topological polar surface area (TPSA) is 28.2 Å². The molecule has 0 unspecified atom stereocenters. The van der Waals surface area contributed by atoms with Crippen LogP contribution in [-0.4, -0.2) is 30.0 Å². The van der Waals surface area contributed by atoms with Gasteiger partial charge < -0.3 is 10.2 Å². The summed E-state index contributed by atoms with van der Waals surface area (Å²) < 4.78 is 0. The van der Waals surface area contributed by atoms with Crippen molar-refractivity contribution in [1.29, 1.82) is 0 Å². The first kappa shape index (κ1) is 14.5. The maximum absolute atomic E-state index is 4.99. The summed E-state index contributed by atoms with van der Waals surface area (Å²) >= 11 is 0. The van der Waals surface area contributed by atoms with Crippen molar-refractivity contribution in [2.45, 2.75) is 40.3 Å². The van der Waals surface area contributed by atoms with Gasteiger partial charge in [0.25, 0.3) is 0 Å². The van der Waals surface area contributed by atoms with Crippen LogP contribution in [0, 0.1) is 13.8 Å². The van der Waals surface area contributed by atoms with Gasteiger partial charge in [0.05, 0.1) is 5.52 Å². The lowest BCUT2D eigenvalue weighted by molar-refractivity contribution is 0.309. The summed E-state index contributed by atoms with van der Waals surface area (Å²) in [6.07, 6.45) is 1.06. The molecule has 1 aromatic carbocycles. The average Bonchev–Trinajstić information content (AvgIpc) is 2.43. The molecule has 3 rings (SSSR count). The molecule has 0 fully saturated rings. The first-order valence-electron chi connectivity index (χ1n) is 7.91. The molecule has 3 nitrogen and oxygen atoms in total. The van der Waals surface area contributed by atoms with Crippen molar-refractivity contribution in [3.63, 3.8) is 0 Å². The van der Waals surface area contributed by atoms with Gasteiger partial charge in [-0.05, 0) is 55.8 Å². The number of benzene rings is 1. The molecule has 0 saturated heterocycles. The summed E-state index contributed by atoms with van der Waals surface area (Å²) in [7, 11) is 2.20. The van der Waals surface area contributed by atoms with E-state index >= 15 is 0 Å². The maximum atomic E-state index is 4.99. The van der Waals surface area contributed by atoms with E-state index in [1.807, 2.05) is 0 Å². The van der Waals surface area contributed by atoms with E-state index in [1.165, 1.54) is 38.9 Å². The molecule has 2 heterocycles. The van der Waals surface area contributed by atoms with Gasteiger partial charge >= 0.3 is 0 Å². The minimum absolute atomic E-state index is 0.940. The van der Waals surface area contributed by atoms with Crippen molar-refractivity contribution in [2.75, 3.05) is 20.1 Å². The van der Waals surface area contributed by atoms with Crippen molar-refractivity contribution in [3.8, 4) is 0 Å². The van der Waals surface area contributed by atoms with Gasteiger partial charge in [0.15, 0.2) is 0 Å². The van der Waals surface area contributed by atoms with Gasteiger partial charge in [-0.2, -0.15) is 0 Å². The molecular weight excluding hydrogens is 258 g/mol. The number of aryl methyl sites for hydroxylation is 2. The van der Waals surface area contributed by atoms with E-state index in [1.54, 1.807) is 0 Å². The van der Waals surface area contributed by atoms with Crippen LogP contribution in [0.5, 0.6) is 0 Å². The van der Waals surface area contributed by atoms with E-state index in [4.69, 9.17) is 4.98 Å². The first-order valence-corrected chi connectivity index (χ1v) is 7.91. The van der Waals surface area contributed by atoms with Crippen LogP contribution >= 0.6 is 0 Å². The first-order chi connectivity index (χ1) is 10.1. The molecule has 3 heteroatoms. The molecule has 1 aliphatic rings. The standard InChI is InChI=1S/C18H25N3/c1-5-19-10-14-15-11-21(4)7-6-16(15)20-17-9-12(2)8-13(3)18(14)17/h8-9,19H,5-7,10-11H2,1-4H3. The van der Waals surface area contributed by atoms with Gasteiger partial charge in [-0.1, -0.05) is 13.0 Å². The molecule has 0 atom stereocenters. The third-order valence-electron chi connectivity index (χ3n) is 4.44. The van der Waals surface area contributed by atoms with E-state index in [2.05, 4.69) is 50.2 Å². The predicted molar refractivity (Wildman–Crippen MR) is 88.6 cm³/mol. The highest BCUT2D eigenvalue weighted by Gasteiger charge is 2.21. The zero-order valence-corrected chi connectivity index (χ0v) is 13.6. The third kappa shape index (κ3) is 2.68. The number of hydrogen-bond donors (Lipinski definition) is 1. The molecule has 1 aliphatic heterocycles. The molecule has 2 aromatic rings. The highest BCUT2D eigenvalue weighted by Crippen LogP contribution is 2.30. The fraction of sp³-hybridized carbons (Fsp3) is 0.500. The van der Waals surface area contributed by atoms with E-state index in [0.29, 0.717) is 0 Å². The normalized spacial score (nSPS) is 15.4. The zero-order valence-electron chi connectivity index (χ0n) is 13.6. The van der Waals surface area contributed by atoms with Crippen molar-refractivity contribution in [2.24, 2.45) is 0 Å². The van der Waals surface area contributed by atoms with Gasteiger partial charge in [0.1, 0.15) is 0 Å². The fourth-order valence-corrected chi connectivity index (χ4v) is 3.45. The third-order valence-corrected chi connectivity index (χ3v) is 4.44. The zero-order chi connectivity index (χ0) is 15.0. The Hall–Kier alpha value is -1.45. The van der Waals surface area contributed by atoms with Crippen LogP contribution in [0.2, 0.25) is 0 Å². The molecular formula is C18H25N3. The Bertz CT molecular complexity index is 676. The maximum Gasteiger partial charge on any atom is 0.0714 e. The van der Waals surface area contributed by atoms with Crippen LogP contribution in [0.15, 0.2) is 12.1 Å². The van der Waals surface area contributed by atoms with Crippen molar-refractivity contribution in [3.05, 3.63) is 40.1 Å². The van der Waals surface area contributed by atoms with Gasteiger partial charge in [-0.25, -0.2) is 0 Å². The number of likely N-dealkylation sites (N-methyl/N-ethyl adjacent to an activating group) is 1. The molecule has 1 N–H and O–H groups in total. The lowest BCUT2D eigenvalue weighted by atomic mass is 9.93. The molecule has 0 bridgehead atoms. The smallest absolute Gasteiger partial charge is 0.0714 e. The second kappa shape index (κ2) is 5.74. The summed E-state index contributed by atoms with van der Waals surface area (Å²) in [5, 5.41) is 4.87. The Balaban J connectivity index is 2.26. The number of hydrogen-bond acceptors (Lipinski definition) is 3. The van der Waals surface area contributed by atoms with Crippen molar-refractivity contribution < 1.29 is 0 Å². The molecule has 21 heavy (non-hydrogen) atoms. The summed E-state index contributed by atoms with van der Waals surface area (Å²) in [5.74, 6) is 0. The van der Waals surface area contributed by atoms with Crippen molar-refractivity contribution >= 4 is 10.9 Å². The lowest BCUT2D eigenvalue weighted by Crippen LogP contribution is -2.29. The second-order valence-corrected chi connectivity index (χ2v) is 6.26. The number of rotatable bonds is 3. The SMILES string of the molecule is CCNCc1c2c(nc3cc(C)cc(C)c13)CCN(C)C2. The highest BCUT2D eigenvalue weighted by atomic mass is 15.1. The summed E-state index contributed by atoms with van der Waals surface area (Å²) in [6.45, 7) is 10.6. The number of pyridine rings is 1. The number of fused-ring (bicyclic) bond motifs is 2. The largest absolute Gasteiger partial charge is 0.313 e. The van der Waals surface area contributed by atoms with Crippen molar-refractivity contribution in [1.82, 2.24) is 15.2 Å². The van der Waals surface area contributed by atoms with Gasteiger partial charge in [-0.3, -0.25) is 4.98 Å². The molecule has 0 amide bonds. The summed E-state index contributed by atoms with van der Waals surface area (Å²) in [6, 6.07) is 4.51. The molecule has 1 aromatic heterocycles. The van der Waals surface area contributed by atoms with Crippen LogP contribution < -0.4 is 5.32 Å². The Kier molecular flexibility index (Phi) is 3.96. The molecule has 0 saturated carbocycles. The number of aromatic nitrogens is 1. The van der Waals surface area contributed by atoms with E-state index in [9.17, 15) is 0 Å². The van der Waals surface area contributed by atoms with E-state index in [-0.39, 0.29) is 0 Å². The lowest BCUT2D eigenvalue weighted by Gasteiger charge is -2.28. The average molecular weight is 283 g/mol. The van der Waals surface area contributed by atoms with Crippen LogP contribution in [0.4, 0.5) is 0 Å². The Labute approximate surface area is 127 Å². The highest BCUT2D eigenvalue weighted by molar-refractivity contribution is 5.87. The summed E-state index contributed by atoms with van der Waals surface area (Å²) in [5.41, 5.74) is 8.03. The Morgan fingerprint density at radius 3 is 2.86 bits per heavy atom. The van der Waals surface area contributed by atoms with Crippen LogP contribution in [0.1, 0.15) is 34.9 Å². The van der Waals surface area contributed by atoms with Crippen LogP contribution in [0.3, 0.4) is 0 Å². The monoisotopic (exact) mass is 283 g/mol.